The molecule has 2 nitrogen and oxygen atoms in total. The van der Waals surface area contributed by atoms with Gasteiger partial charge in [-0.25, -0.2) is 0 Å². The largest absolute Gasteiger partial charge is 0.301 e. The van der Waals surface area contributed by atoms with E-state index in [9.17, 15) is 4.79 Å². The first-order chi connectivity index (χ1) is 10.9. The van der Waals surface area contributed by atoms with Crippen LogP contribution in [0.15, 0.2) is 60.7 Å². The summed E-state index contributed by atoms with van der Waals surface area (Å²) in [4.78, 5) is 15.0. The molecule has 3 rings (SSSR count). The van der Waals surface area contributed by atoms with Gasteiger partial charge < -0.3 is 4.90 Å². The fourth-order valence-electron chi connectivity index (χ4n) is 3.27. The summed E-state index contributed by atoms with van der Waals surface area (Å²) >= 11 is 6.51. The number of rotatable bonds is 2. The van der Waals surface area contributed by atoms with Crippen LogP contribution in [0, 0.1) is 0 Å². The van der Waals surface area contributed by atoms with Crippen molar-refractivity contribution < 1.29 is 4.79 Å². The summed E-state index contributed by atoms with van der Waals surface area (Å²) in [6, 6.07) is 17.5. The molecule has 23 heavy (non-hydrogen) atoms. The lowest BCUT2D eigenvalue weighted by atomic mass is 9.88. The van der Waals surface area contributed by atoms with Crippen molar-refractivity contribution >= 4 is 28.8 Å². The van der Waals surface area contributed by atoms with Gasteiger partial charge in [-0.15, -0.1) is 11.6 Å². The Morgan fingerprint density at radius 3 is 2.35 bits per heavy atom. The van der Waals surface area contributed by atoms with Crippen molar-refractivity contribution in [3.05, 3.63) is 71.8 Å². The number of alkyl halides is 1. The maximum atomic E-state index is 13.1. The third-order valence-electron chi connectivity index (χ3n) is 4.25. The van der Waals surface area contributed by atoms with Gasteiger partial charge in [0.05, 0.1) is 11.2 Å². The quantitative estimate of drug-likeness (QED) is 0.695. The van der Waals surface area contributed by atoms with E-state index in [2.05, 4.69) is 13.0 Å². The van der Waals surface area contributed by atoms with Crippen LogP contribution in [-0.2, 0) is 4.79 Å². The Balaban J connectivity index is 2.06. The molecular formula is C20H20ClNO. The molecule has 1 atom stereocenters. The minimum atomic E-state index is -0.699. The van der Waals surface area contributed by atoms with Gasteiger partial charge in [0.25, 0.3) is 0 Å². The second kappa shape index (κ2) is 5.86. The highest BCUT2D eigenvalue weighted by Gasteiger charge is 2.38. The molecule has 0 saturated carbocycles. The zero-order valence-electron chi connectivity index (χ0n) is 13.6. The number of nitrogens with zero attached hydrogens (tertiary/aromatic N) is 1. The number of carbonyl (C=O) groups excluding carboxylic acids is 1. The number of halogens is 1. The summed E-state index contributed by atoms with van der Waals surface area (Å²) in [5, 5.41) is -0.699. The van der Waals surface area contributed by atoms with Crippen LogP contribution in [0.3, 0.4) is 0 Å². The summed E-state index contributed by atoms with van der Waals surface area (Å²) in [6.07, 6.45) is 2.13. The fraction of sp³-hybridized carbons (Fsp3) is 0.250. The van der Waals surface area contributed by atoms with Gasteiger partial charge in [-0.05, 0) is 38.0 Å². The first-order valence-electron chi connectivity index (χ1n) is 7.74. The second-order valence-corrected chi connectivity index (χ2v) is 6.88. The lowest BCUT2D eigenvalue weighted by Crippen LogP contribution is -2.50. The molecule has 0 spiro atoms. The van der Waals surface area contributed by atoms with Gasteiger partial charge in [0.2, 0.25) is 5.91 Å². The van der Waals surface area contributed by atoms with Crippen molar-refractivity contribution in [3.8, 4) is 0 Å². The van der Waals surface area contributed by atoms with Gasteiger partial charge in [0, 0.05) is 5.56 Å². The van der Waals surface area contributed by atoms with Gasteiger partial charge in [0.1, 0.15) is 5.38 Å². The van der Waals surface area contributed by atoms with Crippen molar-refractivity contribution in [2.45, 2.75) is 31.7 Å². The molecule has 0 aromatic heterocycles. The minimum Gasteiger partial charge on any atom is -0.301 e. The summed E-state index contributed by atoms with van der Waals surface area (Å²) in [6.45, 7) is 6.16. The van der Waals surface area contributed by atoms with E-state index in [1.807, 2.05) is 73.3 Å². The van der Waals surface area contributed by atoms with Crippen LogP contribution in [0.2, 0.25) is 0 Å². The Labute approximate surface area is 142 Å². The molecule has 118 valence electrons. The number of hydrogen-bond donors (Lipinski definition) is 0. The molecule has 2 aromatic carbocycles. The summed E-state index contributed by atoms with van der Waals surface area (Å²) in [5.74, 6) is -0.0981. The highest BCUT2D eigenvalue weighted by molar-refractivity contribution is 6.33. The smallest absolute Gasteiger partial charge is 0.250 e. The number of carbonyl (C=O) groups is 1. The van der Waals surface area contributed by atoms with E-state index in [0.717, 1.165) is 16.8 Å². The molecule has 0 N–H and O–H groups in total. The van der Waals surface area contributed by atoms with Crippen molar-refractivity contribution in [1.82, 2.24) is 0 Å². The highest BCUT2D eigenvalue weighted by Crippen LogP contribution is 2.41. The number of fused-ring (bicyclic) bond motifs is 1. The van der Waals surface area contributed by atoms with E-state index < -0.39 is 10.9 Å². The van der Waals surface area contributed by atoms with Gasteiger partial charge in [0.15, 0.2) is 0 Å². The zero-order valence-corrected chi connectivity index (χ0v) is 14.3. The van der Waals surface area contributed by atoms with Crippen LogP contribution in [-0.4, -0.2) is 11.4 Å². The van der Waals surface area contributed by atoms with Crippen LogP contribution in [0.25, 0.3) is 5.57 Å². The van der Waals surface area contributed by atoms with Crippen LogP contribution < -0.4 is 4.90 Å². The van der Waals surface area contributed by atoms with E-state index in [1.54, 1.807) is 0 Å². The normalized spacial score (nSPS) is 17.2. The Morgan fingerprint density at radius 2 is 1.65 bits per heavy atom. The first-order valence-corrected chi connectivity index (χ1v) is 8.17. The Hall–Kier alpha value is -2.06. The van der Waals surface area contributed by atoms with Crippen molar-refractivity contribution in [1.29, 1.82) is 0 Å². The second-order valence-electron chi connectivity index (χ2n) is 6.45. The van der Waals surface area contributed by atoms with Gasteiger partial charge in [-0.3, -0.25) is 4.79 Å². The Bertz CT molecular complexity index is 764. The predicted octanol–water partition coefficient (Wildman–Crippen LogP) is 5.20. The highest BCUT2D eigenvalue weighted by atomic mass is 35.5. The minimum absolute atomic E-state index is 0.0981. The van der Waals surface area contributed by atoms with Crippen molar-refractivity contribution in [2.75, 3.05) is 4.90 Å². The number of anilines is 1. The first kappa shape index (κ1) is 15.8. The SMILES string of the molecule is CC1=CC(C)(C)N(C(=O)[C@@H](Cl)c2ccccc2)c2ccccc21. The summed E-state index contributed by atoms with van der Waals surface area (Å²) in [7, 11) is 0. The molecule has 1 aliphatic rings. The molecule has 0 radical (unpaired) electrons. The Kier molecular flexibility index (Phi) is 4.03. The predicted molar refractivity (Wildman–Crippen MR) is 96.7 cm³/mol. The number of amides is 1. The molecule has 2 aromatic rings. The molecule has 1 amide bonds. The molecule has 3 heteroatoms. The van der Waals surface area contributed by atoms with Crippen LogP contribution in [0.4, 0.5) is 5.69 Å². The van der Waals surface area contributed by atoms with E-state index >= 15 is 0 Å². The number of benzene rings is 2. The maximum absolute atomic E-state index is 13.1. The standard InChI is InChI=1S/C20H20ClNO/c1-14-13-20(2,3)22(17-12-8-7-11-16(14)17)19(23)18(21)15-9-5-4-6-10-15/h4-13,18H,1-3H3/t18-/m0/s1. The van der Waals surface area contributed by atoms with Gasteiger partial charge >= 0.3 is 0 Å². The molecule has 1 heterocycles. The average Bonchev–Trinajstić information content (AvgIpc) is 2.54. The lowest BCUT2D eigenvalue weighted by molar-refractivity contribution is -0.119. The van der Waals surface area contributed by atoms with E-state index in [-0.39, 0.29) is 5.91 Å². The number of para-hydroxylation sites is 1. The Morgan fingerprint density at radius 1 is 1.04 bits per heavy atom. The molecular weight excluding hydrogens is 306 g/mol. The summed E-state index contributed by atoms with van der Waals surface area (Å²) in [5.41, 5.74) is 3.58. The van der Waals surface area contributed by atoms with E-state index in [1.165, 1.54) is 5.57 Å². The van der Waals surface area contributed by atoms with Crippen LogP contribution in [0.5, 0.6) is 0 Å². The molecule has 0 aliphatic carbocycles. The lowest BCUT2D eigenvalue weighted by Gasteiger charge is -2.42. The van der Waals surface area contributed by atoms with Crippen LogP contribution in [0.1, 0.15) is 37.3 Å². The van der Waals surface area contributed by atoms with Crippen LogP contribution >= 0.6 is 11.6 Å². The molecule has 1 aliphatic heterocycles. The molecule has 0 fully saturated rings. The fourth-order valence-corrected chi connectivity index (χ4v) is 3.51. The van der Waals surface area contributed by atoms with E-state index in [0.29, 0.717) is 0 Å². The third-order valence-corrected chi connectivity index (χ3v) is 4.68. The zero-order chi connectivity index (χ0) is 16.6. The molecule has 0 bridgehead atoms. The monoisotopic (exact) mass is 325 g/mol. The van der Waals surface area contributed by atoms with Gasteiger partial charge in [-0.1, -0.05) is 54.6 Å². The van der Waals surface area contributed by atoms with Crippen molar-refractivity contribution in [2.24, 2.45) is 0 Å². The van der Waals surface area contributed by atoms with Crippen molar-refractivity contribution in [3.63, 3.8) is 0 Å². The average molecular weight is 326 g/mol. The topological polar surface area (TPSA) is 20.3 Å². The number of allylic oxidation sites excluding steroid dienone is 1. The molecule has 0 unspecified atom stereocenters. The summed E-state index contributed by atoms with van der Waals surface area (Å²) < 4.78 is 0. The molecule has 0 saturated heterocycles. The van der Waals surface area contributed by atoms with Gasteiger partial charge in [-0.2, -0.15) is 0 Å². The third kappa shape index (κ3) is 2.79. The number of hydrogen-bond acceptors (Lipinski definition) is 1. The van der Waals surface area contributed by atoms with E-state index in [4.69, 9.17) is 11.6 Å². The maximum Gasteiger partial charge on any atom is 0.250 e.